The smallest absolute Gasteiger partial charge is 0.131 e. The molecule has 3 heteroatoms. The maximum Gasteiger partial charge on any atom is 0.131 e. The van der Waals surface area contributed by atoms with Crippen LogP contribution in [-0.4, -0.2) is 10.8 Å². The Balaban J connectivity index is 1.55. The molecule has 1 aliphatic carbocycles. The van der Waals surface area contributed by atoms with Crippen LogP contribution in [0.3, 0.4) is 0 Å². The lowest BCUT2D eigenvalue weighted by Crippen LogP contribution is -2.27. The quantitative estimate of drug-likeness (QED) is 0.506. The molecule has 3 aromatic carbocycles. The molecule has 6 rings (SSSR count). The van der Waals surface area contributed by atoms with Gasteiger partial charge in [-0.15, -0.1) is 0 Å². The van der Waals surface area contributed by atoms with Gasteiger partial charge < -0.3 is 10.3 Å². The molecule has 2 atom stereocenters. The molecule has 2 unspecified atom stereocenters. The van der Waals surface area contributed by atoms with E-state index in [1.807, 2.05) is 0 Å². The number of aromatic amines is 1. The van der Waals surface area contributed by atoms with Gasteiger partial charge in [-0.05, 0) is 28.3 Å². The van der Waals surface area contributed by atoms with E-state index in [0.717, 1.165) is 16.9 Å². The second kappa shape index (κ2) is 5.09. The van der Waals surface area contributed by atoms with E-state index < -0.39 is 0 Å². The molecule has 0 amide bonds. The van der Waals surface area contributed by atoms with Crippen LogP contribution in [0.5, 0.6) is 0 Å². The minimum absolute atomic E-state index is 0.116. The third kappa shape index (κ3) is 1.80. The van der Waals surface area contributed by atoms with E-state index in [4.69, 9.17) is 4.99 Å². The number of amidine groups is 1. The molecule has 1 aliphatic heterocycles. The lowest BCUT2D eigenvalue weighted by molar-refractivity contribution is 0.566. The topological polar surface area (TPSA) is 40.2 Å². The Kier molecular flexibility index (Phi) is 2.72. The Labute approximate surface area is 151 Å². The molecule has 0 radical (unpaired) electrons. The fourth-order valence-electron chi connectivity index (χ4n) is 4.40. The molecule has 2 N–H and O–H groups in total. The minimum atomic E-state index is 0.116. The van der Waals surface area contributed by atoms with Crippen molar-refractivity contribution in [2.75, 3.05) is 0 Å². The predicted octanol–water partition coefficient (Wildman–Crippen LogP) is 4.98. The summed E-state index contributed by atoms with van der Waals surface area (Å²) >= 11 is 0. The molecule has 2 aliphatic rings. The number of fused-ring (bicyclic) bond motifs is 7. The number of H-pyrrole nitrogens is 1. The van der Waals surface area contributed by atoms with Crippen molar-refractivity contribution < 1.29 is 0 Å². The van der Waals surface area contributed by atoms with Crippen LogP contribution >= 0.6 is 0 Å². The maximum absolute atomic E-state index is 5.13. The lowest BCUT2D eigenvalue weighted by atomic mass is 9.80. The van der Waals surface area contributed by atoms with Crippen molar-refractivity contribution in [3.63, 3.8) is 0 Å². The summed E-state index contributed by atoms with van der Waals surface area (Å²) in [5, 5.41) is 4.92. The number of nitrogens with zero attached hydrogens (tertiary/aromatic N) is 1. The van der Waals surface area contributed by atoms with Crippen LogP contribution in [0.25, 0.3) is 22.0 Å². The standard InChI is InChI=1S/C23H17N3/c1-3-10-17-14(7-1)15-8-2-4-11-18(15)22-21(17)25-23(26-22)19-13-24-20-12-6-5-9-16(19)20/h1-13,21-22,24H,(H,25,26). The van der Waals surface area contributed by atoms with Crippen LogP contribution in [-0.2, 0) is 0 Å². The second-order valence-electron chi connectivity index (χ2n) is 6.97. The van der Waals surface area contributed by atoms with Gasteiger partial charge in [0.2, 0.25) is 0 Å². The van der Waals surface area contributed by atoms with Crippen molar-refractivity contribution in [1.82, 2.24) is 10.3 Å². The van der Waals surface area contributed by atoms with E-state index in [2.05, 4.69) is 89.3 Å². The van der Waals surface area contributed by atoms with E-state index in [1.54, 1.807) is 0 Å². The van der Waals surface area contributed by atoms with Gasteiger partial charge in [0.05, 0.1) is 6.04 Å². The van der Waals surface area contributed by atoms with E-state index in [9.17, 15) is 0 Å². The first-order valence-corrected chi connectivity index (χ1v) is 8.99. The monoisotopic (exact) mass is 335 g/mol. The first kappa shape index (κ1) is 13.9. The summed E-state index contributed by atoms with van der Waals surface area (Å²) < 4.78 is 0. The van der Waals surface area contributed by atoms with Crippen molar-refractivity contribution >= 4 is 16.7 Å². The van der Waals surface area contributed by atoms with Gasteiger partial charge in [0.1, 0.15) is 11.9 Å². The minimum Gasteiger partial charge on any atom is -0.360 e. The summed E-state index contributed by atoms with van der Waals surface area (Å²) in [7, 11) is 0. The molecule has 0 spiro atoms. The van der Waals surface area contributed by atoms with Crippen LogP contribution in [0, 0.1) is 0 Å². The molecule has 124 valence electrons. The molecule has 0 saturated heterocycles. The highest BCUT2D eigenvalue weighted by Crippen LogP contribution is 2.48. The highest BCUT2D eigenvalue weighted by Gasteiger charge is 2.38. The number of nitrogens with one attached hydrogen (secondary N) is 2. The average molecular weight is 335 g/mol. The van der Waals surface area contributed by atoms with E-state index in [0.29, 0.717) is 0 Å². The third-order valence-electron chi connectivity index (χ3n) is 5.59. The molecule has 0 fully saturated rings. The van der Waals surface area contributed by atoms with E-state index in [1.165, 1.54) is 27.6 Å². The Morgan fingerprint density at radius 3 is 2.27 bits per heavy atom. The van der Waals surface area contributed by atoms with Gasteiger partial charge in [0, 0.05) is 22.7 Å². The fourth-order valence-corrected chi connectivity index (χ4v) is 4.40. The van der Waals surface area contributed by atoms with Gasteiger partial charge in [-0.2, -0.15) is 0 Å². The van der Waals surface area contributed by atoms with Gasteiger partial charge >= 0.3 is 0 Å². The van der Waals surface area contributed by atoms with Gasteiger partial charge in [0.15, 0.2) is 0 Å². The van der Waals surface area contributed by atoms with Crippen molar-refractivity contribution in [3.8, 4) is 11.1 Å². The average Bonchev–Trinajstić information content (AvgIpc) is 3.33. The van der Waals surface area contributed by atoms with Gasteiger partial charge in [-0.25, -0.2) is 0 Å². The number of benzene rings is 3. The summed E-state index contributed by atoms with van der Waals surface area (Å²) in [6.07, 6.45) is 2.06. The molecule has 2 heterocycles. The zero-order chi connectivity index (χ0) is 17.1. The molecule has 0 bridgehead atoms. The lowest BCUT2D eigenvalue weighted by Gasteiger charge is -2.29. The number of para-hydroxylation sites is 1. The normalized spacial score (nSPS) is 20.1. The maximum atomic E-state index is 5.13. The largest absolute Gasteiger partial charge is 0.360 e. The molecule has 1 aromatic heterocycles. The zero-order valence-electron chi connectivity index (χ0n) is 14.1. The van der Waals surface area contributed by atoms with Crippen molar-refractivity contribution in [3.05, 3.63) is 95.7 Å². The highest BCUT2D eigenvalue weighted by molar-refractivity contribution is 6.10. The number of aromatic nitrogens is 1. The van der Waals surface area contributed by atoms with Crippen molar-refractivity contribution in [1.29, 1.82) is 0 Å². The predicted molar refractivity (Wildman–Crippen MR) is 105 cm³/mol. The molecule has 0 saturated carbocycles. The Morgan fingerprint density at radius 1 is 0.692 bits per heavy atom. The number of hydrogen-bond donors (Lipinski definition) is 2. The van der Waals surface area contributed by atoms with E-state index >= 15 is 0 Å². The van der Waals surface area contributed by atoms with Crippen LogP contribution in [0.1, 0.15) is 28.8 Å². The first-order chi connectivity index (χ1) is 12.9. The molecular weight excluding hydrogens is 318 g/mol. The highest BCUT2D eigenvalue weighted by atomic mass is 15.1. The summed E-state index contributed by atoms with van der Waals surface area (Å²) in [6, 6.07) is 26.0. The molecule has 26 heavy (non-hydrogen) atoms. The Morgan fingerprint density at radius 2 is 1.38 bits per heavy atom. The Bertz CT molecular complexity index is 1180. The molecule has 4 aromatic rings. The van der Waals surface area contributed by atoms with E-state index in [-0.39, 0.29) is 12.1 Å². The van der Waals surface area contributed by atoms with Gasteiger partial charge in [0.25, 0.3) is 0 Å². The van der Waals surface area contributed by atoms with Crippen LogP contribution in [0.4, 0.5) is 0 Å². The molecule has 3 nitrogen and oxygen atoms in total. The fraction of sp³-hybridized carbons (Fsp3) is 0.0870. The van der Waals surface area contributed by atoms with Crippen LogP contribution in [0.15, 0.2) is 84.0 Å². The SMILES string of the molecule is c1ccc2c(c1)-c1ccccc1C1NC(c3c[nH]c4ccccc34)=NC21. The molecular formula is C23H17N3. The van der Waals surface area contributed by atoms with Crippen LogP contribution in [0.2, 0.25) is 0 Å². The summed E-state index contributed by atoms with van der Waals surface area (Å²) in [4.78, 5) is 8.49. The Hall–Kier alpha value is -3.33. The van der Waals surface area contributed by atoms with Gasteiger partial charge in [-0.1, -0.05) is 66.7 Å². The number of aliphatic imine (C=N–C) groups is 1. The second-order valence-corrected chi connectivity index (χ2v) is 6.97. The third-order valence-corrected chi connectivity index (χ3v) is 5.59. The zero-order valence-corrected chi connectivity index (χ0v) is 14.1. The number of hydrogen-bond acceptors (Lipinski definition) is 2. The van der Waals surface area contributed by atoms with Crippen molar-refractivity contribution in [2.24, 2.45) is 4.99 Å². The summed E-state index contributed by atoms with van der Waals surface area (Å²) in [6.45, 7) is 0. The first-order valence-electron chi connectivity index (χ1n) is 8.99. The summed E-state index contributed by atoms with van der Waals surface area (Å²) in [5.74, 6) is 0.976. The number of rotatable bonds is 1. The van der Waals surface area contributed by atoms with Crippen molar-refractivity contribution in [2.45, 2.75) is 12.1 Å². The summed E-state index contributed by atoms with van der Waals surface area (Å²) in [5.41, 5.74) is 7.53. The van der Waals surface area contributed by atoms with Gasteiger partial charge in [-0.3, -0.25) is 4.99 Å². The van der Waals surface area contributed by atoms with Crippen LogP contribution < -0.4 is 5.32 Å².